The lowest BCUT2D eigenvalue weighted by Gasteiger charge is -2.31. The number of hydrogen-bond acceptors (Lipinski definition) is 4. The summed E-state index contributed by atoms with van der Waals surface area (Å²) in [5.74, 6) is 0.957. The Morgan fingerprint density at radius 1 is 1.09 bits per heavy atom. The summed E-state index contributed by atoms with van der Waals surface area (Å²) in [7, 11) is 0. The Labute approximate surface area is 198 Å². The van der Waals surface area contributed by atoms with Crippen LogP contribution in [0.4, 0.5) is 5.69 Å². The van der Waals surface area contributed by atoms with Crippen LogP contribution in [0.15, 0.2) is 52.3 Å². The molecule has 1 fully saturated rings. The maximum Gasteiger partial charge on any atom is 0.251 e. The van der Waals surface area contributed by atoms with Crippen LogP contribution in [-0.4, -0.2) is 17.9 Å². The van der Waals surface area contributed by atoms with E-state index in [0.29, 0.717) is 5.76 Å². The number of aryl methyl sites for hydroxylation is 3. The highest BCUT2D eigenvalue weighted by molar-refractivity contribution is 7.10. The maximum atomic E-state index is 13.8. The predicted octanol–water partition coefficient (Wildman–Crippen LogP) is 5.51. The van der Waals surface area contributed by atoms with Crippen LogP contribution in [-0.2, 0) is 28.9 Å². The lowest BCUT2D eigenvalue weighted by atomic mass is 10.0. The van der Waals surface area contributed by atoms with E-state index in [9.17, 15) is 9.59 Å². The molecule has 172 valence electrons. The molecule has 33 heavy (non-hydrogen) atoms. The lowest BCUT2D eigenvalue weighted by molar-refractivity contribution is -0.127. The van der Waals surface area contributed by atoms with E-state index in [1.165, 1.54) is 11.1 Å². The van der Waals surface area contributed by atoms with E-state index in [4.69, 9.17) is 4.42 Å². The van der Waals surface area contributed by atoms with Gasteiger partial charge in [0.15, 0.2) is 6.04 Å². The van der Waals surface area contributed by atoms with E-state index < -0.39 is 6.04 Å². The number of rotatable bonds is 7. The van der Waals surface area contributed by atoms with Gasteiger partial charge in [0.05, 0.1) is 6.42 Å². The number of benzene rings is 1. The summed E-state index contributed by atoms with van der Waals surface area (Å²) in [5.41, 5.74) is 3.37. The van der Waals surface area contributed by atoms with Crippen molar-refractivity contribution < 1.29 is 14.0 Å². The van der Waals surface area contributed by atoms with E-state index in [1.54, 1.807) is 16.2 Å². The van der Waals surface area contributed by atoms with E-state index >= 15 is 0 Å². The highest BCUT2D eigenvalue weighted by atomic mass is 32.1. The van der Waals surface area contributed by atoms with Gasteiger partial charge >= 0.3 is 0 Å². The topological polar surface area (TPSA) is 62.6 Å². The Kier molecular flexibility index (Phi) is 6.36. The zero-order valence-corrected chi connectivity index (χ0v) is 19.8. The second kappa shape index (κ2) is 9.56. The standard InChI is InChI=1S/C27H30N2O3S/c1-18-11-14-24(32-18)26(27(31)28-21-8-2-3-9-21)29(25(30)17-23-10-5-15-33-23)22-13-12-19-6-4-7-20(19)16-22/h5,10-16,21,26H,2-4,6-9,17H2,1H3,(H,28,31)/t26-/m0/s1. The Balaban J connectivity index is 1.55. The summed E-state index contributed by atoms with van der Waals surface area (Å²) in [4.78, 5) is 30.1. The van der Waals surface area contributed by atoms with Crippen molar-refractivity contribution in [1.29, 1.82) is 0 Å². The van der Waals surface area contributed by atoms with Gasteiger partial charge in [-0.2, -0.15) is 0 Å². The molecule has 6 heteroatoms. The molecule has 0 bridgehead atoms. The van der Waals surface area contributed by atoms with Gasteiger partial charge < -0.3 is 9.73 Å². The molecule has 0 radical (unpaired) electrons. The first-order valence-electron chi connectivity index (χ1n) is 11.9. The maximum absolute atomic E-state index is 13.8. The van der Waals surface area contributed by atoms with E-state index in [2.05, 4.69) is 17.4 Å². The van der Waals surface area contributed by atoms with Crippen molar-refractivity contribution in [2.45, 2.75) is 70.4 Å². The van der Waals surface area contributed by atoms with Gasteiger partial charge in [-0.05, 0) is 85.9 Å². The number of furan rings is 1. The molecule has 5 rings (SSSR count). The molecular formula is C27H30N2O3S. The van der Waals surface area contributed by atoms with Crippen LogP contribution in [0.3, 0.4) is 0 Å². The number of carbonyl (C=O) groups is 2. The Morgan fingerprint density at radius 3 is 2.64 bits per heavy atom. The van der Waals surface area contributed by atoms with Crippen molar-refractivity contribution in [2.75, 3.05) is 4.90 Å². The molecule has 2 aromatic heterocycles. The van der Waals surface area contributed by atoms with Gasteiger partial charge in [-0.1, -0.05) is 25.0 Å². The molecule has 1 aromatic carbocycles. The van der Waals surface area contributed by atoms with Crippen LogP contribution in [0.25, 0.3) is 0 Å². The Bertz CT molecular complexity index is 1130. The zero-order valence-electron chi connectivity index (χ0n) is 19.0. The molecule has 2 aliphatic carbocycles. The first-order chi connectivity index (χ1) is 16.1. The molecule has 0 spiro atoms. The van der Waals surface area contributed by atoms with Crippen LogP contribution < -0.4 is 10.2 Å². The number of nitrogens with one attached hydrogen (secondary N) is 1. The summed E-state index contributed by atoms with van der Waals surface area (Å²) >= 11 is 1.56. The third kappa shape index (κ3) is 4.76. The van der Waals surface area contributed by atoms with Gasteiger partial charge in [0, 0.05) is 16.6 Å². The van der Waals surface area contributed by atoms with Gasteiger partial charge in [-0.25, -0.2) is 0 Å². The highest BCUT2D eigenvalue weighted by Crippen LogP contribution is 2.34. The third-order valence-electron chi connectivity index (χ3n) is 6.77. The van der Waals surface area contributed by atoms with Gasteiger partial charge in [0.2, 0.25) is 5.91 Å². The SMILES string of the molecule is Cc1ccc([C@@H](C(=O)NC2CCCC2)N(C(=O)Cc2cccs2)c2ccc3c(c2)CCC3)o1. The second-order valence-corrected chi connectivity index (χ2v) is 10.2. The number of thiophene rings is 1. The average molecular weight is 463 g/mol. The normalized spacial score (nSPS) is 16.5. The summed E-state index contributed by atoms with van der Waals surface area (Å²) in [6.45, 7) is 1.86. The fourth-order valence-electron chi connectivity index (χ4n) is 5.12. The predicted molar refractivity (Wildman–Crippen MR) is 131 cm³/mol. The minimum absolute atomic E-state index is 0.101. The molecule has 1 N–H and O–H groups in total. The van der Waals surface area contributed by atoms with Crippen LogP contribution in [0, 0.1) is 6.92 Å². The van der Waals surface area contributed by atoms with Gasteiger partial charge in [-0.3, -0.25) is 14.5 Å². The van der Waals surface area contributed by atoms with Gasteiger partial charge in [-0.15, -0.1) is 11.3 Å². The van der Waals surface area contributed by atoms with Crippen molar-refractivity contribution in [3.8, 4) is 0 Å². The summed E-state index contributed by atoms with van der Waals surface area (Å²) in [5, 5.41) is 5.19. The van der Waals surface area contributed by atoms with Crippen LogP contribution in [0.1, 0.15) is 65.7 Å². The summed E-state index contributed by atoms with van der Waals surface area (Å²) in [6, 6.07) is 13.1. The minimum Gasteiger partial charge on any atom is -0.464 e. The third-order valence-corrected chi connectivity index (χ3v) is 7.65. The molecule has 3 aromatic rings. The highest BCUT2D eigenvalue weighted by Gasteiger charge is 2.36. The monoisotopic (exact) mass is 462 g/mol. The largest absolute Gasteiger partial charge is 0.464 e. The summed E-state index contributed by atoms with van der Waals surface area (Å²) in [6.07, 6.45) is 7.68. The molecule has 1 atom stereocenters. The fraction of sp³-hybridized carbons (Fsp3) is 0.407. The van der Waals surface area contributed by atoms with Crippen molar-refractivity contribution in [1.82, 2.24) is 5.32 Å². The fourth-order valence-corrected chi connectivity index (χ4v) is 5.81. The second-order valence-electron chi connectivity index (χ2n) is 9.17. The van der Waals surface area contributed by atoms with Crippen LogP contribution >= 0.6 is 11.3 Å². The number of hydrogen-bond donors (Lipinski definition) is 1. The number of carbonyl (C=O) groups excluding carboxylic acids is 2. The van der Waals surface area contributed by atoms with Crippen molar-refractivity contribution in [2.24, 2.45) is 0 Å². The molecular weight excluding hydrogens is 432 g/mol. The van der Waals surface area contributed by atoms with E-state index in [0.717, 1.165) is 61.3 Å². The molecule has 0 aliphatic heterocycles. The average Bonchev–Trinajstić information content (AvgIpc) is 3.59. The number of nitrogens with zero attached hydrogens (tertiary/aromatic N) is 1. The van der Waals surface area contributed by atoms with Crippen molar-refractivity contribution >= 4 is 28.8 Å². The molecule has 2 amide bonds. The summed E-state index contributed by atoms with van der Waals surface area (Å²) < 4.78 is 5.96. The Hall–Kier alpha value is -2.86. The smallest absolute Gasteiger partial charge is 0.251 e. The molecule has 2 aliphatic rings. The first kappa shape index (κ1) is 22.0. The molecule has 0 saturated heterocycles. The van der Waals surface area contributed by atoms with Crippen molar-refractivity contribution in [3.05, 3.63) is 75.4 Å². The van der Waals surface area contributed by atoms with Gasteiger partial charge in [0.25, 0.3) is 5.91 Å². The van der Waals surface area contributed by atoms with Crippen LogP contribution in [0.5, 0.6) is 0 Å². The minimum atomic E-state index is -0.841. The van der Waals surface area contributed by atoms with E-state index in [1.807, 2.05) is 42.6 Å². The molecule has 2 heterocycles. The zero-order chi connectivity index (χ0) is 22.8. The van der Waals surface area contributed by atoms with Gasteiger partial charge in [0.1, 0.15) is 11.5 Å². The van der Waals surface area contributed by atoms with E-state index in [-0.39, 0.29) is 24.3 Å². The molecule has 5 nitrogen and oxygen atoms in total. The molecule has 0 unspecified atom stereocenters. The quantitative estimate of drug-likeness (QED) is 0.503. The molecule has 1 saturated carbocycles. The lowest BCUT2D eigenvalue weighted by Crippen LogP contribution is -2.46. The van der Waals surface area contributed by atoms with Crippen molar-refractivity contribution in [3.63, 3.8) is 0 Å². The number of fused-ring (bicyclic) bond motifs is 1. The number of anilines is 1. The Morgan fingerprint density at radius 2 is 1.91 bits per heavy atom. The first-order valence-corrected chi connectivity index (χ1v) is 12.8. The number of amides is 2. The van der Waals surface area contributed by atoms with Crippen LogP contribution in [0.2, 0.25) is 0 Å².